The SMILES string of the molecule is C[C@@H](C(=O)N1CCN(c2nccn2C)CC1)c1cccs1. The molecule has 3 rings (SSSR count). The number of piperazine rings is 1. The fourth-order valence-corrected chi connectivity index (χ4v) is 3.50. The Labute approximate surface area is 128 Å². The lowest BCUT2D eigenvalue weighted by Crippen LogP contribution is -2.50. The highest BCUT2D eigenvalue weighted by atomic mass is 32.1. The lowest BCUT2D eigenvalue weighted by Gasteiger charge is -2.36. The van der Waals surface area contributed by atoms with Crippen LogP contribution in [0, 0.1) is 0 Å². The third-order valence-corrected chi connectivity index (χ3v) is 5.07. The van der Waals surface area contributed by atoms with Gasteiger partial charge in [-0.3, -0.25) is 4.79 Å². The van der Waals surface area contributed by atoms with Crippen molar-refractivity contribution in [3.63, 3.8) is 0 Å². The van der Waals surface area contributed by atoms with Gasteiger partial charge in [0.15, 0.2) is 0 Å². The van der Waals surface area contributed by atoms with Gasteiger partial charge in [0.05, 0.1) is 5.92 Å². The number of thiophene rings is 1. The standard InChI is InChI=1S/C15H20N4OS/c1-12(13-4-3-11-21-13)14(20)18-7-9-19(10-8-18)15-16-5-6-17(15)2/h3-6,11-12H,7-10H2,1-2H3/t12-/m1/s1. The minimum atomic E-state index is -0.0373. The summed E-state index contributed by atoms with van der Waals surface area (Å²) >= 11 is 1.65. The normalized spacial score (nSPS) is 17.0. The van der Waals surface area contributed by atoms with Gasteiger partial charge in [0, 0.05) is 50.5 Å². The predicted molar refractivity (Wildman–Crippen MR) is 84.7 cm³/mol. The highest BCUT2D eigenvalue weighted by Gasteiger charge is 2.27. The van der Waals surface area contributed by atoms with Gasteiger partial charge in [0.2, 0.25) is 11.9 Å². The average Bonchev–Trinajstić information content (AvgIpc) is 3.17. The van der Waals surface area contributed by atoms with E-state index in [0.717, 1.165) is 37.0 Å². The van der Waals surface area contributed by atoms with Gasteiger partial charge in [0.25, 0.3) is 0 Å². The molecule has 21 heavy (non-hydrogen) atoms. The topological polar surface area (TPSA) is 41.4 Å². The number of hydrogen-bond acceptors (Lipinski definition) is 4. The van der Waals surface area contributed by atoms with Crippen molar-refractivity contribution in [3.8, 4) is 0 Å². The van der Waals surface area contributed by atoms with Crippen LogP contribution in [0.15, 0.2) is 29.9 Å². The Kier molecular flexibility index (Phi) is 3.96. The van der Waals surface area contributed by atoms with Crippen LogP contribution < -0.4 is 4.90 Å². The Morgan fingerprint density at radius 1 is 1.33 bits per heavy atom. The molecule has 1 aliphatic rings. The molecule has 1 atom stereocenters. The van der Waals surface area contributed by atoms with Crippen molar-refractivity contribution >= 4 is 23.2 Å². The second-order valence-electron chi connectivity index (χ2n) is 5.39. The second-order valence-corrected chi connectivity index (χ2v) is 6.37. The molecule has 0 spiro atoms. The summed E-state index contributed by atoms with van der Waals surface area (Å²) in [5, 5.41) is 2.03. The molecule has 112 valence electrons. The molecule has 3 heterocycles. The Morgan fingerprint density at radius 3 is 2.67 bits per heavy atom. The minimum absolute atomic E-state index is 0.0373. The first-order valence-electron chi connectivity index (χ1n) is 7.21. The number of hydrogen-bond donors (Lipinski definition) is 0. The predicted octanol–water partition coefficient (Wildman–Crippen LogP) is 1.93. The molecule has 0 unspecified atom stereocenters. The van der Waals surface area contributed by atoms with Crippen LogP contribution in [0.1, 0.15) is 17.7 Å². The summed E-state index contributed by atoms with van der Waals surface area (Å²) < 4.78 is 2.02. The van der Waals surface area contributed by atoms with E-state index in [4.69, 9.17) is 0 Å². The van der Waals surface area contributed by atoms with Crippen LogP contribution >= 0.6 is 11.3 Å². The zero-order valence-corrected chi connectivity index (χ0v) is 13.2. The number of nitrogens with zero attached hydrogens (tertiary/aromatic N) is 4. The molecule has 2 aromatic rings. The summed E-state index contributed by atoms with van der Waals surface area (Å²) in [6.45, 7) is 5.21. The Bertz CT molecular complexity index is 599. The van der Waals surface area contributed by atoms with Gasteiger partial charge in [-0.15, -0.1) is 11.3 Å². The number of carbonyl (C=O) groups is 1. The van der Waals surface area contributed by atoms with Gasteiger partial charge in [-0.25, -0.2) is 4.98 Å². The third kappa shape index (κ3) is 2.81. The molecule has 1 amide bonds. The van der Waals surface area contributed by atoms with Crippen molar-refractivity contribution < 1.29 is 4.79 Å². The van der Waals surface area contributed by atoms with E-state index in [-0.39, 0.29) is 11.8 Å². The van der Waals surface area contributed by atoms with E-state index in [0.29, 0.717) is 0 Å². The zero-order valence-electron chi connectivity index (χ0n) is 12.4. The first kappa shape index (κ1) is 14.1. The number of carbonyl (C=O) groups excluding carboxylic acids is 1. The van der Waals surface area contributed by atoms with Crippen molar-refractivity contribution in [1.29, 1.82) is 0 Å². The summed E-state index contributed by atoms with van der Waals surface area (Å²) in [7, 11) is 2.00. The van der Waals surface area contributed by atoms with Crippen LogP contribution in [-0.4, -0.2) is 46.5 Å². The molecule has 2 aromatic heterocycles. The summed E-state index contributed by atoms with van der Waals surface area (Å²) in [4.78, 5) is 22.3. The van der Waals surface area contributed by atoms with Gasteiger partial charge >= 0.3 is 0 Å². The monoisotopic (exact) mass is 304 g/mol. The van der Waals surface area contributed by atoms with Crippen LogP contribution in [0.4, 0.5) is 5.95 Å². The molecular weight excluding hydrogens is 284 g/mol. The molecule has 6 heteroatoms. The van der Waals surface area contributed by atoms with Crippen molar-refractivity contribution in [3.05, 3.63) is 34.8 Å². The molecule has 0 bridgehead atoms. The summed E-state index contributed by atoms with van der Waals surface area (Å²) in [5.41, 5.74) is 0. The summed E-state index contributed by atoms with van der Waals surface area (Å²) in [6, 6.07) is 4.04. The fraction of sp³-hybridized carbons (Fsp3) is 0.467. The molecule has 5 nitrogen and oxygen atoms in total. The van der Waals surface area contributed by atoms with Crippen LogP contribution in [0.5, 0.6) is 0 Å². The molecule has 1 fully saturated rings. The van der Waals surface area contributed by atoms with Gasteiger partial charge in [0.1, 0.15) is 0 Å². The molecule has 0 aliphatic carbocycles. The smallest absolute Gasteiger partial charge is 0.230 e. The number of aromatic nitrogens is 2. The third-order valence-electron chi connectivity index (χ3n) is 4.01. The van der Waals surface area contributed by atoms with Gasteiger partial charge in [-0.1, -0.05) is 6.07 Å². The van der Waals surface area contributed by atoms with Crippen LogP contribution in [0.2, 0.25) is 0 Å². The quantitative estimate of drug-likeness (QED) is 0.870. The lowest BCUT2D eigenvalue weighted by molar-refractivity contribution is -0.132. The number of amides is 1. The molecule has 1 saturated heterocycles. The Balaban J connectivity index is 1.61. The fourth-order valence-electron chi connectivity index (χ4n) is 2.72. The van der Waals surface area contributed by atoms with Crippen LogP contribution in [-0.2, 0) is 11.8 Å². The van der Waals surface area contributed by atoms with E-state index in [1.807, 2.05) is 53.3 Å². The number of imidazole rings is 1. The number of aryl methyl sites for hydroxylation is 1. The van der Waals surface area contributed by atoms with E-state index in [1.165, 1.54) is 0 Å². The van der Waals surface area contributed by atoms with Crippen molar-refractivity contribution in [2.45, 2.75) is 12.8 Å². The zero-order chi connectivity index (χ0) is 14.8. The Hall–Kier alpha value is -1.82. The summed E-state index contributed by atoms with van der Waals surface area (Å²) in [5.74, 6) is 1.18. The number of rotatable bonds is 3. The maximum Gasteiger partial charge on any atom is 0.230 e. The highest BCUT2D eigenvalue weighted by Crippen LogP contribution is 2.23. The maximum atomic E-state index is 12.5. The van der Waals surface area contributed by atoms with Gasteiger partial charge in [-0.05, 0) is 18.4 Å². The second kappa shape index (κ2) is 5.89. The summed E-state index contributed by atoms with van der Waals surface area (Å²) in [6.07, 6.45) is 3.76. The molecule has 0 N–H and O–H groups in total. The van der Waals surface area contributed by atoms with Crippen molar-refractivity contribution in [1.82, 2.24) is 14.5 Å². The largest absolute Gasteiger partial charge is 0.339 e. The van der Waals surface area contributed by atoms with E-state index in [2.05, 4.69) is 9.88 Å². The van der Waals surface area contributed by atoms with E-state index in [1.54, 1.807) is 11.3 Å². The van der Waals surface area contributed by atoms with Crippen LogP contribution in [0.3, 0.4) is 0 Å². The Morgan fingerprint density at radius 2 is 2.10 bits per heavy atom. The van der Waals surface area contributed by atoms with Gasteiger partial charge in [-0.2, -0.15) is 0 Å². The maximum absolute atomic E-state index is 12.5. The molecule has 0 aromatic carbocycles. The van der Waals surface area contributed by atoms with Crippen molar-refractivity contribution in [2.75, 3.05) is 31.1 Å². The molecule has 0 saturated carbocycles. The lowest BCUT2D eigenvalue weighted by atomic mass is 10.1. The first-order chi connectivity index (χ1) is 10.2. The van der Waals surface area contributed by atoms with Crippen molar-refractivity contribution in [2.24, 2.45) is 7.05 Å². The average molecular weight is 304 g/mol. The molecular formula is C15H20N4OS. The van der Waals surface area contributed by atoms with E-state index >= 15 is 0 Å². The highest BCUT2D eigenvalue weighted by molar-refractivity contribution is 7.10. The molecule has 0 radical (unpaired) electrons. The van der Waals surface area contributed by atoms with E-state index in [9.17, 15) is 4.79 Å². The first-order valence-corrected chi connectivity index (χ1v) is 8.09. The van der Waals surface area contributed by atoms with Gasteiger partial charge < -0.3 is 14.4 Å². The number of anilines is 1. The van der Waals surface area contributed by atoms with E-state index < -0.39 is 0 Å². The molecule has 1 aliphatic heterocycles. The minimum Gasteiger partial charge on any atom is -0.339 e. The van der Waals surface area contributed by atoms with Crippen LogP contribution in [0.25, 0.3) is 0 Å².